The Kier molecular flexibility index (Phi) is 3.82. The topological polar surface area (TPSA) is 77.2 Å². The second-order valence-corrected chi connectivity index (χ2v) is 6.67. The summed E-state index contributed by atoms with van der Waals surface area (Å²) in [6, 6.07) is 5.69. The van der Waals surface area contributed by atoms with Gasteiger partial charge in [0.1, 0.15) is 5.75 Å². The predicted octanol–water partition coefficient (Wildman–Crippen LogP) is 2.76. The molecule has 0 bridgehead atoms. The first-order chi connectivity index (χ1) is 10.1. The van der Waals surface area contributed by atoms with E-state index in [0.29, 0.717) is 18.1 Å². The summed E-state index contributed by atoms with van der Waals surface area (Å²) in [5.74, 6) is 0.798. The summed E-state index contributed by atoms with van der Waals surface area (Å²) in [5, 5.41) is 3.53. The number of thiazole rings is 1. The van der Waals surface area contributed by atoms with E-state index in [1.165, 1.54) is 17.8 Å². The fraction of sp³-hybridized carbons (Fsp3) is 0.467. The fourth-order valence-electron chi connectivity index (χ4n) is 2.72. The minimum absolute atomic E-state index is 0.00571. The molecule has 0 saturated heterocycles. The third kappa shape index (κ3) is 2.87. The van der Waals surface area contributed by atoms with Crippen molar-refractivity contribution in [2.75, 3.05) is 19.0 Å². The van der Waals surface area contributed by atoms with Crippen LogP contribution >= 0.6 is 11.3 Å². The number of hydrogen-bond acceptors (Lipinski definition) is 5. The van der Waals surface area contributed by atoms with Crippen molar-refractivity contribution in [2.45, 2.75) is 25.7 Å². The maximum Gasteiger partial charge on any atom is 0.226 e. The molecule has 3 N–H and O–H groups in total. The largest absolute Gasteiger partial charge is 0.497 e. The van der Waals surface area contributed by atoms with Gasteiger partial charge in [0.2, 0.25) is 5.91 Å². The van der Waals surface area contributed by atoms with Gasteiger partial charge in [-0.1, -0.05) is 17.8 Å². The number of nitrogens with two attached hydrogens (primary N) is 1. The van der Waals surface area contributed by atoms with Gasteiger partial charge >= 0.3 is 0 Å². The monoisotopic (exact) mass is 305 g/mol. The van der Waals surface area contributed by atoms with Crippen molar-refractivity contribution >= 4 is 32.6 Å². The van der Waals surface area contributed by atoms with Crippen LogP contribution in [-0.4, -0.2) is 24.5 Å². The Hall–Kier alpha value is -1.66. The molecular formula is C15H19N3O2S. The summed E-state index contributed by atoms with van der Waals surface area (Å²) < 4.78 is 6.19. The minimum atomic E-state index is 0.00571. The zero-order chi connectivity index (χ0) is 14.9. The van der Waals surface area contributed by atoms with Gasteiger partial charge in [-0.05, 0) is 43.0 Å². The number of fused-ring (bicyclic) bond motifs is 1. The Labute approximate surface area is 127 Å². The number of ether oxygens (including phenoxy) is 1. The molecule has 0 aliphatic heterocycles. The standard InChI is InChI=1S/C15H19N3O2S/c1-20-10-3-4-11-12(7-10)21-14(17-11)18-13(19)8-15(9-16)5-2-6-15/h3-4,7H,2,5-6,8-9,16H2,1H3,(H,17,18,19). The van der Waals surface area contributed by atoms with E-state index < -0.39 is 0 Å². The normalized spacial score (nSPS) is 16.5. The van der Waals surface area contributed by atoms with Crippen LogP contribution in [0, 0.1) is 5.41 Å². The van der Waals surface area contributed by atoms with Crippen LogP contribution in [0.3, 0.4) is 0 Å². The van der Waals surface area contributed by atoms with Gasteiger partial charge < -0.3 is 15.8 Å². The van der Waals surface area contributed by atoms with Gasteiger partial charge in [0, 0.05) is 6.42 Å². The molecular weight excluding hydrogens is 286 g/mol. The highest BCUT2D eigenvalue weighted by Gasteiger charge is 2.37. The van der Waals surface area contributed by atoms with Gasteiger partial charge in [-0.2, -0.15) is 0 Å². The van der Waals surface area contributed by atoms with Crippen LogP contribution in [0.25, 0.3) is 10.2 Å². The highest BCUT2D eigenvalue weighted by molar-refractivity contribution is 7.22. The van der Waals surface area contributed by atoms with E-state index in [1.807, 2.05) is 18.2 Å². The lowest BCUT2D eigenvalue weighted by atomic mass is 9.66. The van der Waals surface area contributed by atoms with E-state index in [9.17, 15) is 4.79 Å². The highest BCUT2D eigenvalue weighted by Crippen LogP contribution is 2.43. The molecule has 1 aliphatic rings. The smallest absolute Gasteiger partial charge is 0.226 e. The Morgan fingerprint density at radius 1 is 1.52 bits per heavy atom. The van der Waals surface area contributed by atoms with Crippen molar-refractivity contribution in [2.24, 2.45) is 11.1 Å². The lowest BCUT2D eigenvalue weighted by molar-refractivity contribution is -0.119. The van der Waals surface area contributed by atoms with Crippen molar-refractivity contribution in [1.82, 2.24) is 4.98 Å². The molecule has 1 aromatic heterocycles. The molecule has 21 heavy (non-hydrogen) atoms. The molecule has 1 fully saturated rings. The maximum absolute atomic E-state index is 12.2. The number of nitrogens with zero attached hydrogens (tertiary/aromatic N) is 1. The molecule has 0 unspecified atom stereocenters. The summed E-state index contributed by atoms with van der Waals surface area (Å²) in [6.45, 7) is 0.581. The number of nitrogens with one attached hydrogen (secondary N) is 1. The molecule has 0 radical (unpaired) electrons. The summed E-state index contributed by atoms with van der Waals surface area (Å²) in [7, 11) is 1.63. The molecule has 3 rings (SSSR count). The van der Waals surface area contributed by atoms with Gasteiger partial charge in [0.25, 0.3) is 0 Å². The van der Waals surface area contributed by atoms with Crippen molar-refractivity contribution in [3.8, 4) is 5.75 Å². The summed E-state index contributed by atoms with van der Waals surface area (Å²) in [6.07, 6.45) is 3.76. The summed E-state index contributed by atoms with van der Waals surface area (Å²) >= 11 is 1.46. The van der Waals surface area contributed by atoms with E-state index in [0.717, 1.165) is 28.8 Å². The van der Waals surface area contributed by atoms with Crippen LogP contribution in [0.5, 0.6) is 5.75 Å². The lowest BCUT2D eigenvalue weighted by Gasteiger charge is -2.40. The van der Waals surface area contributed by atoms with Crippen LogP contribution in [0.15, 0.2) is 18.2 Å². The molecule has 1 heterocycles. The number of carbonyl (C=O) groups is 1. The Bertz CT molecular complexity index is 658. The molecule has 112 valence electrons. The third-order valence-electron chi connectivity index (χ3n) is 4.22. The number of amides is 1. The summed E-state index contributed by atoms with van der Waals surface area (Å²) in [4.78, 5) is 16.6. The number of benzene rings is 1. The third-order valence-corrected chi connectivity index (χ3v) is 5.16. The molecule has 0 spiro atoms. The number of rotatable bonds is 5. The quantitative estimate of drug-likeness (QED) is 0.890. The molecule has 5 nitrogen and oxygen atoms in total. The van der Waals surface area contributed by atoms with Gasteiger partial charge in [-0.15, -0.1) is 0 Å². The molecule has 1 amide bonds. The zero-order valence-electron chi connectivity index (χ0n) is 12.0. The van der Waals surface area contributed by atoms with Crippen molar-refractivity contribution in [3.63, 3.8) is 0 Å². The van der Waals surface area contributed by atoms with Crippen LogP contribution in [0.4, 0.5) is 5.13 Å². The number of anilines is 1. The minimum Gasteiger partial charge on any atom is -0.497 e. The van der Waals surface area contributed by atoms with Crippen LogP contribution in [0.2, 0.25) is 0 Å². The Morgan fingerprint density at radius 3 is 2.95 bits per heavy atom. The van der Waals surface area contributed by atoms with E-state index in [4.69, 9.17) is 10.5 Å². The van der Waals surface area contributed by atoms with E-state index in [-0.39, 0.29) is 11.3 Å². The van der Waals surface area contributed by atoms with Gasteiger partial charge in [0.15, 0.2) is 5.13 Å². The van der Waals surface area contributed by atoms with E-state index >= 15 is 0 Å². The maximum atomic E-state index is 12.2. The molecule has 0 atom stereocenters. The first kappa shape index (κ1) is 14.3. The van der Waals surface area contributed by atoms with Crippen LogP contribution in [-0.2, 0) is 4.79 Å². The van der Waals surface area contributed by atoms with E-state index in [2.05, 4.69) is 10.3 Å². The molecule has 2 aromatic rings. The number of methoxy groups -OCH3 is 1. The van der Waals surface area contributed by atoms with E-state index in [1.54, 1.807) is 7.11 Å². The second-order valence-electron chi connectivity index (χ2n) is 5.64. The average Bonchev–Trinajstić information content (AvgIpc) is 2.83. The zero-order valence-corrected chi connectivity index (χ0v) is 12.8. The van der Waals surface area contributed by atoms with Crippen molar-refractivity contribution in [3.05, 3.63) is 18.2 Å². The van der Waals surface area contributed by atoms with Gasteiger partial charge in [-0.3, -0.25) is 4.79 Å². The second kappa shape index (κ2) is 5.61. The number of hydrogen-bond donors (Lipinski definition) is 2. The first-order valence-corrected chi connectivity index (χ1v) is 7.90. The van der Waals surface area contributed by atoms with Crippen molar-refractivity contribution < 1.29 is 9.53 Å². The van der Waals surface area contributed by atoms with Gasteiger partial charge in [-0.25, -0.2) is 4.98 Å². The lowest BCUT2D eigenvalue weighted by Crippen LogP contribution is -2.40. The highest BCUT2D eigenvalue weighted by atomic mass is 32.1. The number of aromatic nitrogens is 1. The molecule has 6 heteroatoms. The average molecular weight is 305 g/mol. The number of carbonyl (C=O) groups excluding carboxylic acids is 1. The Morgan fingerprint density at radius 2 is 2.33 bits per heavy atom. The first-order valence-electron chi connectivity index (χ1n) is 7.09. The van der Waals surface area contributed by atoms with Crippen LogP contribution < -0.4 is 15.8 Å². The molecule has 1 aliphatic carbocycles. The molecule has 1 saturated carbocycles. The fourth-order valence-corrected chi connectivity index (χ4v) is 3.63. The van der Waals surface area contributed by atoms with Crippen LogP contribution in [0.1, 0.15) is 25.7 Å². The molecule has 1 aromatic carbocycles. The predicted molar refractivity (Wildman–Crippen MR) is 84.8 cm³/mol. The van der Waals surface area contributed by atoms with Gasteiger partial charge in [0.05, 0.1) is 17.3 Å². The van der Waals surface area contributed by atoms with Crippen molar-refractivity contribution in [1.29, 1.82) is 0 Å². The summed E-state index contributed by atoms with van der Waals surface area (Å²) in [5.41, 5.74) is 6.68. The Balaban J connectivity index is 1.71. The SMILES string of the molecule is COc1ccc2nc(NC(=O)CC3(CN)CCC3)sc2c1.